The van der Waals surface area contributed by atoms with Gasteiger partial charge in [0.25, 0.3) is 5.91 Å². The van der Waals surface area contributed by atoms with Crippen molar-refractivity contribution in [3.63, 3.8) is 0 Å². The van der Waals surface area contributed by atoms with Gasteiger partial charge in [0.15, 0.2) is 11.2 Å². The van der Waals surface area contributed by atoms with Crippen molar-refractivity contribution in [1.29, 1.82) is 0 Å². The van der Waals surface area contributed by atoms with Crippen LogP contribution in [0.25, 0.3) is 11.0 Å². The Balaban J connectivity index is 1.86. The highest BCUT2D eigenvalue weighted by Gasteiger charge is 2.16. The number of nitrogens with one attached hydrogen (secondary N) is 1. The van der Waals surface area contributed by atoms with Crippen LogP contribution in [-0.4, -0.2) is 61.1 Å². The number of rotatable bonds is 10. The molecule has 180 valence electrons. The Morgan fingerprint density at radius 1 is 1.18 bits per heavy atom. The number of amides is 2. The topological polar surface area (TPSA) is 88.8 Å². The lowest BCUT2D eigenvalue weighted by Crippen LogP contribution is -2.34. The average Bonchev–Trinajstić information content (AvgIpc) is 2.81. The van der Waals surface area contributed by atoms with Crippen molar-refractivity contribution in [2.45, 2.75) is 33.2 Å². The molecule has 3 aromatic rings. The summed E-state index contributed by atoms with van der Waals surface area (Å²) in [5.41, 5.74) is 5.34. The van der Waals surface area contributed by atoms with Crippen LogP contribution < -0.4 is 15.5 Å². The Morgan fingerprint density at radius 2 is 1.88 bits per heavy atom. The molecule has 2 aromatic carbocycles. The van der Waals surface area contributed by atoms with Crippen molar-refractivity contribution < 1.29 is 14.3 Å². The van der Waals surface area contributed by atoms with Gasteiger partial charge in [-0.1, -0.05) is 12.1 Å². The third-order valence-corrected chi connectivity index (χ3v) is 5.78. The second kappa shape index (κ2) is 11.6. The lowest BCUT2D eigenvalue weighted by atomic mass is 10.1. The van der Waals surface area contributed by atoms with Crippen molar-refractivity contribution in [2.24, 2.45) is 4.99 Å². The fourth-order valence-corrected chi connectivity index (χ4v) is 3.72. The van der Waals surface area contributed by atoms with Gasteiger partial charge in [-0.2, -0.15) is 4.99 Å². The molecule has 0 atom stereocenters. The molecule has 0 saturated carbocycles. The van der Waals surface area contributed by atoms with Crippen LogP contribution in [0.3, 0.4) is 0 Å². The number of likely N-dealkylation sites (N-methyl/N-ethyl adjacent to an activating group) is 1. The maximum atomic E-state index is 12.5. The highest BCUT2D eigenvalue weighted by atomic mass is 16.5. The molecular formula is C26H33N5O3. The van der Waals surface area contributed by atoms with Gasteiger partial charge in [0.1, 0.15) is 12.4 Å². The number of aromatic nitrogens is 2. The van der Waals surface area contributed by atoms with Crippen LogP contribution in [0.1, 0.15) is 33.6 Å². The molecule has 0 spiro atoms. The molecule has 0 fully saturated rings. The molecule has 0 bridgehead atoms. The number of carbonyl (C=O) groups excluding carboxylic acids is 2. The smallest absolute Gasteiger partial charge is 0.273 e. The van der Waals surface area contributed by atoms with Crippen molar-refractivity contribution in [3.05, 3.63) is 64.3 Å². The maximum absolute atomic E-state index is 12.5. The van der Waals surface area contributed by atoms with E-state index in [0.29, 0.717) is 25.1 Å². The van der Waals surface area contributed by atoms with E-state index in [-0.39, 0.29) is 17.1 Å². The van der Waals surface area contributed by atoms with Gasteiger partial charge in [0.2, 0.25) is 6.41 Å². The number of hydrogen-bond acceptors (Lipinski definition) is 5. The number of nitrogens with zero attached hydrogens (tertiary/aromatic N) is 4. The number of carbonyl (C=O) groups is 2. The monoisotopic (exact) mass is 463 g/mol. The number of benzene rings is 2. The highest BCUT2D eigenvalue weighted by Crippen LogP contribution is 2.19. The van der Waals surface area contributed by atoms with E-state index in [4.69, 9.17) is 4.74 Å². The molecule has 1 N–H and O–H groups in total. The molecule has 0 aliphatic carbocycles. The summed E-state index contributed by atoms with van der Waals surface area (Å²) >= 11 is 0. The zero-order valence-corrected chi connectivity index (χ0v) is 20.6. The molecule has 2 amide bonds. The van der Waals surface area contributed by atoms with Crippen LogP contribution >= 0.6 is 0 Å². The summed E-state index contributed by atoms with van der Waals surface area (Å²) in [4.78, 5) is 34.5. The summed E-state index contributed by atoms with van der Waals surface area (Å²) in [6.07, 6.45) is 2.09. The Morgan fingerprint density at radius 3 is 2.53 bits per heavy atom. The molecule has 0 aliphatic rings. The summed E-state index contributed by atoms with van der Waals surface area (Å²) in [5, 5.41) is 2.60. The summed E-state index contributed by atoms with van der Waals surface area (Å²) in [5.74, 6) is 0.479. The predicted molar refractivity (Wildman–Crippen MR) is 133 cm³/mol. The van der Waals surface area contributed by atoms with Crippen molar-refractivity contribution >= 4 is 23.4 Å². The van der Waals surface area contributed by atoms with Gasteiger partial charge < -0.3 is 19.5 Å². The third-order valence-electron chi connectivity index (χ3n) is 5.78. The van der Waals surface area contributed by atoms with E-state index in [1.807, 2.05) is 56.8 Å². The van der Waals surface area contributed by atoms with E-state index < -0.39 is 0 Å². The zero-order chi connectivity index (χ0) is 24.7. The van der Waals surface area contributed by atoms with Crippen LogP contribution in [-0.2, 0) is 17.8 Å². The Kier molecular flexibility index (Phi) is 8.54. The van der Waals surface area contributed by atoms with E-state index in [1.165, 1.54) is 12.6 Å². The van der Waals surface area contributed by atoms with E-state index in [9.17, 15) is 9.59 Å². The average molecular weight is 464 g/mol. The lowest BCUT2D eigenvalue weighted by molar-refractivity contribution is -0.107. The predicted octanol–water partition coefficient (Wildman–Crippen LogP) is 2.64. The first-order valence-corrected chi connectivity index (χ1v) is 11.4. The molecule has 1 aromatic heterocycles. The van der Waals surface area contributed by atoms with Crippen LogP contribution in [0.4, 0.5) is 0 Å². The van der Waals surface area contributed by atoms with Crippen LogP contribution in [0, 0.1) is 13.8 Å². The molecule has 0 unspecified atom stereocenters. The van der Waals surface area contributed by atoms with Gasteiger partial charge in [-0.25, -0.2) is 4.98 Å². The summed E-state index contributed by atoms with van der Waals surface area (Å²) < 4.78 is 7.69. The first-order chi connectivity index (χ1) is 16.3. The molecule has 0 radical (unpaired) electrons. The molecule has 0 saturated heterocycles. The quantitative estimate of drug-likeness (QED) is 0.467. The number of fused-ring (bicyclic) bond motifs is 1. The molecule has 0 aliphatic heterocycles. The Labute approximate surface area is 200 Å². The van der Waals surface area contributed by atoms with Crippen LogP contribution in [0.5, 0.6) is 5.75 Å². The van der Waals surface area contributed by atoms with Gasteiger partial charge in [0.05, 0.1) is 11.0 Å². The first-order valence-electron chi connectivity index (χ1n) is 11.4. The van der Waals surface area contributed by atoms with E-state index in [1.54, 1.807) is 0 Å². The van der Waals surface area contributed by atoms with Gasteiger partial charge in [-0.3, -0.25) is 9.59 Å². The maximum Gasteiger partial charge on any atom is 0.273 e. The number of ether oxygens (including phenoxy) is 1. The van der Waals surface area contributed by atoms with Gasteiger partial charge in [-0.05, 0) is 81.7 Å². The minimum Gasteiger partial charge on any atom is -0.492 e. The van der Waals surface area contributed by atoms with Gasteiger partial charge >= 0.3 is 0 Å². The molecule has 34 heavy (non-hydrogen) atoms. The third kappa shape index (κ3) is 6.08. The fraction of sp³-hybridized carbons (Fsp3) is 0.385. The Hall–Kier alpha value is -3.52. The van der Waals surface area contributed by atoms with Crippen molar-refractivity contribution in [3.8, 4) is 5.75 Å². The van der Waals surface area contributed by atoms with Crippen LogP contribution in [0.15, 0.2) is 41.4 Å². The number of hydrogen-bond donors (Lipinski definition) is 1. The van der Waals surface area contributed by atoms with E-state index >= 15 is 0 Å². The standard InChI is InChI=1S/C26H33N5O3/c1-18-15-22-23(16-19(18)2)31(25(28-17-32)24(29-22)26(33)27-3)12-6-7-20-8-10-21(11-9-20)34-14-13-30(4)5/h8-11,15-17H,6-7,12-14H2,1-5H3,(H,27,33). The minimum absolute atomic E-state index is 0.143. The summed E-state index contributed by atoms with van der Waals surface area (Å²) in [7, 11) is 5.58. The first kappa shape index (κ1) is 25.1. The second-order valence-electron chi connectivity index (χ2n) is 8.57. The molecule has 1 heterocycles. The summed E-state index contributed by atoms with van der Waals surface area (Å²) in [6.45, 7) is 6.14. The second-order valence-corrected chi connectivity index (χ2v) is 8.57. The normalized spacial score (nSPS) is 11.8. The Bertz CT molecular complexity index is 1230. The van der Waals surface area contributed by atoms with Crippen molar-refractivity contribution in [1.82, 2.24) is 19.8 Å². The summed E-state index contributed by atoms with van der Waals surface area (Å²) in [6, 6.07) is 12.1. The van der Waals surface area contributed by atoms with E-state index in [2.05, 4.69) is 32.3 Å². The highest BCUT2D eigenvalue weighted by molar-refractivity contribution is 5.93. The van der Waals surface area contributed by atoms with Gasteiger partial charge in [-0.15, -0.1) is 0 Å². The largest absolute Gasteiger partial charge is 0.492 e. The minimum atomic E-state index is -0.376. The molecule has 8 heteroatoms. The van der Waals surface area contributed by atoms with Gasteiger partial charge in [0, 0.05) is 20.1 Å². The zero-order valence-electron chi connectivity index (χ0n) is 20.6. The molecular weight excluding hydrogens is 430 g/mol. The van der Waals surface area contributed by atoms with Crippen LogP contribution in [0.2, 0.25) is 0 Å². The number of aryl methyl sites for hydroxylation is 4. The van der Waals surface area contributed by atoms with E-state index in [0.717, 1.165) is 41.8 Å². The fourth-order valence-electron chi connectivity index (χ4n) is 3.72. The SMILES string of the molecule is CNC(=O)c1nc2cc(C)c(C)cc2n(CCCc2ccc(OCCN(C)C)cc2)c1=NC=O. The molecule has 8 nitrogen and oxygen atoms in total. The lowest BCUT2D eigenvalue weighted by Gasteiger charge is -2.16. The van der Waals surface area contributed by atoms with Crippen molar-refractivity contribution in [2.75, 3.05) is 34.3 Å². The molecule has 3 rings (SSSR count).